The van der Waals surface area contributed by atoms with E-state index in [1.807, 2.05) is 25.1 Å². The van der Waals surface area contributed by atoms with Crippen LogP contribution in [0.25, 0.3) is 0 Å². The van der Waals surface area contributed by atoms with Crippen molar-refractivity contribution in [2.24, 2.45) is 0 Å². The Balaban J connectivity index is 2.19. The van der Waals surface area contributed by atoms with Crippen LogP contribution in [0.5, 0.6) is 0 Å². The molecule has 0 radical (unpaired) electrons. The molecule has 0 fully saturated rings. The molecule has 1 aromatic carbocycles. The molecule has 1 amide bonds. The average molecular weight is 295 g/mol. The number of aryl methyl sites for hydroxylation is 2. The molecule has 2 aromatic rings. The number of nitrogens with zero attached hydrogens (tertiary/aromatic N) is 1. The number of hydrogen-bond acceptors (Lipinski definition) is 3. The first-order chi connectivity index (χ1) is 8.08. The van der Waals surface area contributed by atoms with Crippen molar-refractivity contribution in [2.75, 3.05) is 5.32 Å². The van der Waals surface area contributed by atoms with Crippen LogP contribution in [0.4, 0.5) is 5.69 Å². The Morgan fingerprint density at radius 1 is 1.35 bits per heavy atom. The number of hydrogen-bond donors (Lipinski definition) is 1. The highest BCUT2D eigenvalue weighted by Gasteiger charge is 2.14. The summed E-state index contributed by atoms with van der Waals surface area (Å²) in [6, 6.07) is 5.61. The number of halogens is 1. The van der Waals surface area contributed by atoms with Gasteiger partial charge in [0.05, 0.1) is 6.20 Å². The Hall–Kier alpha value is -1.62. The second-order valence-electron chi connectivity index (χ2n) is 3.76. The predicted molar refractivity (Wildman–Crippen MR) is 68.1 cm³/mol. The summed E-state index contributed by atoms with van der Waals surface area (Å²) in [5.41, 5.74) is 2.54. The zero-order chi connectivity index (χ0) is 12.4. The van der Waals surface area contributed by atoms with E-state index in [1.54, 1.807) is 6.92 Å². The van der Waals surface area contributed by atoms with Gasteiger partial charge in [0.2, 0.25) is 5.76 Å². The molecule has 0 saturated carbocycles. The van der Waals surface area contributed by atoms with Crippen LogP contribution < -0.4 is 5.32 Å². The number of aromatic nitrogens is 1. The molecule has 0 aliphatic carbocycles. The summed E-state index contributed by atoms with van der Waals surface area (Å²) in [4.78, 5) is 11.8. The number of anilines is 1. The van der Waals surface area contributed by atoms with E-state index in [4.69, 9.17) is 4.52 Å². The van der Waals surface area contributed by atoms with E-state index in [9.17, 15) is 4.79 Å². The van der Waals surface area contributed by atoms with E-state index in [0.29, 0.717) is 11.3 Å². The van der Waals surface area contributed by atoms with Gasteiger partial charge in [0.1, 0.15) is 0 Å². The van der Waals surface area contributed by atoms with Crippen molar-refractivity contribution in [3.8, 4) is 0 Å². The quantitative estimate of drug-likeness (QED) is 0.924. The van der Waals surface area contributed by atoms with Gasteiger partial charge in [-0.25, -0.2) is 0 Å². The number of carbonyl (C=O) groups is 1. The van der Waals surface area contributed by atoms with Crippen LogP contribution in [0.3, 0.4) is 0 Å². The minimum Gasteiger partial charge on any atom is -0.351 e. The summed E-state index contributed by atoms with van der Waals surface area (Å²) in [5, 5.41) is 6.32. The number of benzene rings is 1. The molecule has 0 aliphatic rings. The maximum Gasteiger partial charge on any atom is 0.294 e. The van der Waals surface area contributed by atoms with Crippen LogP contribution in [0.1, 0.15) is 21.7 Å². The van der Waals surface area contributed by atoms with E-state index < -0.39 is 0 Å². The van der Waals surface area contributed by atoms with Gasteiger partial charge in [-0.1, -0.05) is 27.2 Å². The second kappa shape index (κ2) is 4.71. The Morgan fingerprint density at radius 2 is 2.12 bits per heavy atom. The minimum absolute atomic E-state index is 0.238. The molecule has 88 valence electrons. The molecular formula is C12H11BrN2O2. The molecule has 17 heavy (non-hydrogen) atoms. The molecule has 1 heterocycles. The summed E-state index contributed by atoms with van der Waals surface area (Å²) in [6.07, 6.45) is 1.51. The average Bonchev–Trinajstić information content (AvgIpc) is 2.70. The van der Waals surface area contributed by atoms with Gasteiger partial charge in [-0.15, -0.1) is 0 Å². The summed E-state index contributed by atoms with van der Waals surface area (Å²) in [6.45, 7) is 3.76. The maximum absolute atomic E-state index is 11.8. The Morgan fingerprint density at radius 3 is 2.71 bits per heavy atom. The highest BCUT2D eigenvalue weighted by atomic mass is 79.9. The van der Waals surface area contributed by atoms with Crippen LogP contribution in [-0.2, 0) is 0 Å². The molecule has 0 aliphatic heterocycles. The van der Waals surface area contributed by atoms with Gasteiger partial charge in [-0.2, -0.15) is 0 Å². The van der Waals surface area contributed by atoms with Gasteiger partial charge in [-0.3, -0.25) is 4.79 Å². The summed E-state index contributed by atoms with van der Waals surface area (Å²) < 4.78 is 5.83. The highest BCUT2D eigenvalue weighted by molar-refractivity contribution is 9.10. The largest absolute Gasteiger partial charge is 0.351 e. The fourth-order valence-electron chi connectivity index (χ4n) is 1.37. The van der Waals surface area contributed by atoms with Crippen molar-refractivity contribution in [3.63, 3.8) is 0 Å². The van der Waals surface area contributed by atoms with Crippen molar-refractivity contribution in [2.45, 2.75) is 13.8 Å². The van der Waals surface area contributed by atoms with Gasteiger partial charge < -0.3 is 9.84 Å². The van der Waals surface area contributed by atoms with Crippen molar-refractivity contribution >= 4 is 27.5 Å². The van der Waals surface area contributed by atoms with Gasteiger partial charge in [-0.05, 0) is 31.5 Å². The molecule has 0 saturated heterocycles. The van der Waals surface area contributed by atoms with Crippen LogP contribution in [0.15, 0.2) is 33.4 Å². The lowest BCUT2D eigenvalue weighted by atomic mass is 10.2. The van der Waals surface area contributed by atoms with Gasteiger partial charge in [0, 0.05) is 15.7 Å². The number of nitrogens with one attached hydrogen (secondary N) is 1. The monoisotopic (exact) mass is 294 g/mol. The lowest BCUT2D eigenvalue weighted by molar-refractivity contribution is 0.0987. The SMILES string of the molecule is Cc1ccc(NC(=O)c2oncc2C)cc1Br. The topological polar surface area (TPSA) is 55.1 Å². The van der Waals surface area contributed by atoms with Crippen LogP contribution in [0.2, 0.25) is 0 Å². The summed E-state index contributed by atoms with van der Waals surface area (Å²) in [5.74, 6) is -0.0579. The molecule has 0 bridgehead atoms. The molecule has 0 unspecified atom stereocenters. The molecular weight excluding hydrogens is 284 g/mol. The zero-order valence-electron chi connectivity index (χ0n) is 9.45. The van der Waals surface area contributed by atoms with E-state index in [1.165, 1.54) is 6.20 Å². The number of carbonyl (C=O) groups excluding carboxylic acids is 1. The Labute approximate surface area is 107 Å². The second-order valence-corrected chi connectivity index (χ2v) is 4.61. The third-order valence-electron chi connectivity index (χ3n) is 2.38. The Bertz CT molecular complexity index is 563. The normalized spacial score (nSPS) is 10.3. The molecule has 5 heteroatoms. The van der Waals surface area contributed by atoms with Crippen molar-refractivity contribution in [3.05, 3.63) is 45.8 Å². The molecule has 1 aromatic heterocycles. The van der Waals surface area contributed by atoms with Gasteiger partial charge in [0.25, 0.3) is 5.91 Å². The van der Waals surface area contributed by atoms with E-state index >= 15 is 0 Å². The third-order valence-corrected chi connectivity index (χ3v) is 3.24. The van der Waals surface area contributed by atoms with Crippen LogP contribution in [-0.4, -0.2) is 11.1 Å². The van der Waals surface area contributed by atoms with Crippen LogP contribution in [0, 0.1) is 13.8 Å². The molecule has 1 N–H and O–H groups in total. The molecule has 0 atom stereocenters. The van der Waals surface area contributed by atoms with Gasteiger partial charge >= 0.3 is 0 Å². The lowest BCUT2D eigenvalue weighted by Gasteiger charge is -2.05. The minimum atomic E-state index is -0.296. The summed E-state index contributed by atoms with van der Waals surface area (Å²) >= 11 is 3.41. The smallest absolute Gasteiger partial charge is 0.294 e. The highest BCUT2D eigenvalue weighted by Crippen LogP contribution is 2.21. The van der Waals surface area contributed by atoms with Crippen molar-refractivity contribution in [1.82, 2.24) is 5.16 Å². The lowest BCUT2D eigenvalue weighted by Crippen LogP contribution is -2.12. The number of rotatable bonds is 2. The predicted octanol–water partition coefficient (Wildman–Crippen LogP) is 3.31. The summed E-state index contributed by atoms with van der Waals surface area (Å²) in [7, 11) is 0. The van der Waals surface area contributed by atoms with Crippen LogP contribution >= 0.6 is 15.9 Å². The fraction of sp³-hybridized carbons (Fsp3) is 0.167. The van der Waals surface area contributed by atoms with Crippen molar-refractivity contribution < 1.29 is 9.32 Å². The Kier molecular flexibility index (Phi) is 3.28. The zero-order valence-corrected chi connectivity index (χ0v) is 11.0. The fourth-order valence-corrected chi connectivity index (χ4v) is 1.75. The number of amides is 1. The maximum atomic E-state index is 11.8. The third kappa shape index (κ3) is 2.55. The first kappa shape index (κ1) is 11.9. The van der Waals surface area contributed by atoms with E-state index in [2.05, 4.69) is 26.4 Å². The van der Waals surface area contributed by atoms with E-state index in [0.717, 1.165) is 10.0 Å². The van der Waals surface area contributed by atoms with Gasteiger partial charge in [0.15, 0.2) is 0 Å². The first-order valence-electron chi connectivity index (χ1n) is 5.06. The molecule has 0 spiro atoms. The standard InChI is InChI=1S/C12H11BrN2O2/c1-7-3-4-9(5-10(7)13)15-12(16)11-8(2)6-14-17-11/h3-6H,1-2H3,(H,15,16). The molecule has 4 nitrogen and oxygen atoms in total. The molecule has 2 rings (SSSR count). The first-order valence-corrected chi connectivity index (χ1v) is 5.86. The van der Waals surface area contributed by atoms with E-state index in [-0.39, 0.29) is 11.7 Å². The van der Waals surface area contributed by atoms with Crippen molar-refractivity contribution in [1.29, 1.82) is 0 Å².